The van der Waals surface area contributed by atoms with Crippen LogP contribution in [-0.4, -0.2) is 40.7 Å². The van der Waals surface area contributed by atoms with E-state index >= 15 is 0 Å². The van der Waals surface area contributed by atoms with Gasteiger partial charge in [-0.25, -0.2) is 0 Å². The van der Waals surface area contributed by atoms with Gasteiger partial charge in [0.2, 0.25) is 5.91 Å². The lowest BCUT2D eigenvalue weighted by atomic mass is 10.1. The first kappa shape index (κ1) is 14.3. The van der Waals surface area contributed by atoms with E-state index in [1.165, 1.54) is 0 Å². The molecule has 1 aromatic carbocycles. The molecule has 0 fully saturated rings. The number of benzene rings is 1. The summed E-state index contributed by atoms with van der Waals surface area (Å²) in [6, 6.07) is 7.73. The van der Waals surface area contributed by atoms with E-state index in [4.69, 9.17) is 5.73 Å². The molecule has 0 unspecified atom stereocenters. The number of fused-ring (bicyclic) bond motifs is 1. The van der Waals surface area contributed by atoms with Crippen LogP contribution in [0.1, 0.15) is 24.2 Å². The fourth-order valence-electron chi connectivity index (χ4n) is 2.19. The van der Waals surface area contributed by atoms with Gasteiger partial charge in [-0.1, -0.05) is 18.2 Å². The van der Waals surface area contributed by atoms with Gasteiger partial charge in [-0.2, -0.15) is 0 Å². The summed E-state index contributed by atoms with van der Waals surface area (Å²) in [6.45, 7) is 4.14. The van der Waals surface area contributed by atoms with E-state index in [0.717, 1.165) is 10.9 Å². The number of aromatic amines is 1. The zero-order valence-electron chi connectivity index (χ0n) is 11.7. The number of nitrogens with two attached hydrogens (primary N) is 1. The molecule has 5 heteroatoms. The van der Waals surface area contributed by atoms with Crippen molar-refractivity contribution in [3.63, 3.8) is 0 Å². The minimum atomic E-state index is -0.426. The normalized spacial score (nSPS) is 11.4. The van der Waals surface area contributed by atoms with Crippen LogP contribution in [0.3, 0.4) is 0 Å². The molecular formula is C15H19N3O2. The average molecular weight is 273 g/mol. The molecule has 0 aliphatic rings. The number of hydrogen-bond donors (Lipinski definition) is 2. The second-order valence-electron chi connectivity index (χ2n) is 5.14. The molecular weight excluding hydrogens is 254 g/mol. The SMILES string of the molecule is CC(C)N(CC(N)=O)CC(=O)c1c[nH]c2ccccc12. The van der Waals surface area contributed by atoms with Gasteiger partial charge in [0.1, 0.15) is 0 Å². The number of H-pyrrole nitrogens is 1. The van der Waals surface area contributed by atoms with Crippen LogP contribution in [-0.2, 0) is 4.79 Å². The van der Waals surface area contributed by atoms with Crippen molar-refractivity contribution in [3.05, 3.63) is 36.0 Å². The van der Waals surface area contributed by atoms with Crippen LogP contribution >= 0.6 is 0 Å². The Balaban J connectivity index is 2.20. The maximum Gasteiger partial charge on any atom is 0.231 e. The average Bonchev–Trinajstić information content (AvgIpc) is 2.81. The zero-order chi connectivity index (χ0) is 14.7. The van der Waals surface area contributed by atoms with E-state index in [-0.39, 0.29) is 24.9 Å². The second kappa shape index (κ2) is 5.88. The molecule has 0 saturated heterocycles. The fraction of sp³-hybridized carbons (Fsp3) is 0.333. The Hall–Kier alpha value is -2.14. The summed E-state index contributed by atoms with van der Waals surface area (Å²) in [7, 11) is 0. The molecule has 1 heterocycles. The van der Waals surface area contributed by atoms with Gasteiger partial charge in [-0.3, -0.25) is 14.5 Å². The minimum Gasteiger partial charge on any atom is -0.369 e. The molecule has 0 saturated carbocycles. The first-order valence-corrected chi connectivity index (χ1v) is 6.60. The minimum absolute atomic E-state index is 0.0163. The molecule has 1 aromatic heterocycles. The summed E-state index contributed by atoms with van der Waals surface area (Å²) in [5.74, 6) is -0.442. The summed E-state index contributed by atoms with van der Waals surface area (Å²) in [5, 5.41) is 0.903. The molecule has 0 atom stereocenters. The number of para-hydroxylation sites is 1. The van der Waals surface area contributed by atoms with Gasteiger partial charge in [-0.15, -0.1) is 0 Å². The number of carbonyl (C=O) groups excluding carboxylic acids is 2. The van der Waals surface area contributed by atoms with E-state index in [1.807, 2.05) is 38.1 Å². The van der Waals surface area contributed by atoms with Crippen LogP contribution in [0.5, 0.6) is 0 Å². The van der Waals surface area contributed by atoms with Gasteiger partial charge >= 0.3 is 0 Å². The Morgan fingerprint density at radius 3 is 2.60 bits per heavy atom. The lowest BCUT2D eigenvalue weighted by Gasteiger charge is -2.23. The van der Waals surface area contributed by atoms with Crippen LogP contribution in [0, 0.1) is 0 Å². The van der Waals surface area contributed by atoms with Crippen LogP contribution in [0.2, 0.25) is 0 Å². The predicted molar refractivity (Wildman–Crippen MR) is 78.5 cm³/mol. The Morgan fingerprint density at radius 1 is 1.25 bits per heavy atom. The Kier molecular flexibility index (Phi) is 4.20. The highest BCUT2D eigenvalue weighted by atomic mass is 16.1. The smallest absolute Gasteiger partial charge is 0.231 e. The number of hydrogen-bond acceptors (Lipinski definition) is 3. The van der Waals surface area contributed by atoms with E-state index in [1.54, 1.807) is 11.1 Å². The largest absolute Gasteiger partial charge is 0.369 e. The standard InChI is InChI=1S/C15H19N3O2/c1-10(2)18(9-15(16)20)8-14(19)12-7-17-13-6-4-3-5-11(12)13/h3-7,10,17H,8-9H2,1-2H3,(H2,16,20). The molecule has 0 aliphatic heterocycles. The molecule has 0 spiro atoms. The first-order chi connectivity index (χ1) is 9.49. The van der Waals surface area contributed by atoms with Crippen LogP contribution in [0.25, 0.3) is 10.9 Å². The highest BCUT2D eigenvalue weighted by Gasteiger charge is 2.19. The summed E-state index contributed by atoms with van der Waals surface area (Å²) in [5.41, 5.74) is 6.80. The van der Waals surface area contributed by atoms with Gasteiger partial charge < -0.3 is 10.7 Å². The lowest BCUT2D eigenvalue weighted by Crippen LogP contribution is -2.41. The predicted octanol–water partition coefficient (Wildman–Crippen LogP) is 1.55. The number of ketones is 1. The van der Waals surface area contributed by atoms with Crippen molar-refractivity contribution in [2.75, 3.05) is 13.1 Å². The fourth-order valence-corrected chi connectivity index (χ4v) is 2.19. The number of Topliss-reactive ketones (excluding diaryl/α,β-unsaturated/α-hetero) is 1. The molecule has 3 N–H and O–H groups in total. The van der Waals surface area contributed by atoms with Crippen molar-refractivity contribution in [1.82, 2.24) is 9.88 Å². The zero-order valence-corrected chi connectivity index (χ0v) is 11.7. The highest BCUT2D eigenvalue weighted by Crippen LogP contribution is 2.18. The molecule has 2 aromatic rings. The van der Waals surface area contributed by atoms with Crippen LogP contribution in [0.15, 0.2) is 30.5 Å². The van der Waals surface area contributed by atoms with Gasteiger partial charge in [0, 0.05) is 28.7 Å². The third-order valence-corrected chi connectivity index (χ3v) is 3.33. The molecule has 106 valence electrons. The third kappa shape index (κ3) is 3.05. The van der Waals surface area contributed by atoms with Crippen molar-refractivity contribution in [2.24, 2.45) is 5.73 Å². The monoisotopic (exact) mass is 273 g/mol. The van der Waals surface area contributed by atoms with Crippen molar-refractivity contribution in [3.8, 4) is 0 Å². The molecule has 20 heavy (non-hydrogen) atoms. The number of amides is 1. The number of carbonyl (C=O) groups is 2. The number of nitrogens with one attached hydrogen (secondary N) is 1. The molecule has 5 nitrogen and oxygen atoms in total. The summed E-state index contributed by atoms with van der Waals surface area (Å²) in [4.78, 5) is 28.3. The highest BCUT2D eigenvalue weighted by molar-refractivity contribution is 6.08. The van der Waals surface area contributed by atoms with Crippen molar-refractivity contribution in [2.45, 2.75) is 19.9 Å². The summed E-state index contributed by atoms with van der Waals surface area (Å²) >= 11 is 0. The number of nitrogens with zero attached hydrogens (tertiary/aromatic N) is 1. The van der Waals surface area contributed by atoms with E-state index in [0.29, 0.717) is 5.56 Å². The van der Waals surface area contributed by atoms with Crippen molar-refractivity contribution >= 4 is 22.6 Å². The maximum atomic E-state index is 12.4. The Labute approximate surface area is 117 Å². The van der Waals surface area contributed by atoms with E-state index in [9.17, 15) is 9.59 Å². The molecule has 0 bridgehead atoms. The topological polar surface area (TPSA) is 79.2 Å². The molecule has 0 aliphatic carbocycles. The van der Waals surface area contributed by atoms with Crippen molar-refractivity contribution in [1.29, 1.82) is 0 Å². The van der Waals surface area contributed by atoms with E-state index in [2.05, 4.69) is 4.98 Å². The molecule has 2 rings (SSSR count). The van der Waals surface area contributed by atoms with E-state index < -0.39 is 5.91 Å². The summed E-state index contributed by atoms with van der Waals surface area (Å²) < 4.78 is 0. The van der Waals surface area contributed by atoms with Gasteiger partial charge in [0.25, 0.3) is 0 Å². The first-order valence-electron chi connectivity index (χ1n) is 6.60. The number of primary amides is 1. The number of rotatable bonds is 6. The maximum absolute atomic E-state index is 12.4. The third-order valence-electron chi connectivity index (χ3n) is 3.33. The lowest BCUT2D eigenvalue weighted by molar-refractivity contribution is -0.119. The second-order valence-corrected chi connectivity index (χ2v) is 5.14. The van der Waals surface area contributed by atoms with Crippen LogP contribution < -0.4 is 5.73 Å². The number of aromatic nitrogens is 1. The van der Waals surface area contributed by atoms with Crippen molar-refractivity contribution < 1.29 is 9.59 Å². The molecule has 1 amide bonds. The van der Waals surface area contributed by atoms with Crippen LogP contribution in [0.4, 0.5) is 0 Å². The quantitative estimate of drug-likeness (QED) is 0.784. The molecule has 0 radical (unpaired) electrons. The summed E-state index contributed by atoms with van der Waals surface area (Å²) in [6.07, 6.45) is 1.72. The van der Waals surface area contributed by atoms with Gasteiger partial charge in [0.15, 0.2) is 5.78 Å². The van der Waals surface area contributed by atoms with Gasteiger partial charge in [0.05, 0.1) is 13.1 Å². The van der Waals surface area contributed by atoms with Gasteiger partial charge in [-0.05, 0) is 19.9 Å². The Bertz CT molecular complexity index is 631. The Morgan fingerprint density at radius 2 is 1.95 bits per heavy atom.